The molecule has 1 fully saturated rings. The van der Waals surface area contributed by atoms with E-state index in [4.69, 9.17) is 5.73 Å². The summed E-state index contributed by atoms with van der Waals surface area (Å²) < 4.78 is 26.6. The highest BCUT2D eigenvalue weighted by molar-refractivity contribution is 7.91. The minimum absolute atomic E-state index is 0. The van der Waals surface area contributed by atoms with Crippen LogP contribution < -0.4 is 5.73 Å². The maximum atomic E-state index is 12.3. The van der Waals surface area contributed by atoms with Crippen LogP contribution in [0.25, 0.3) is 0 Å². The molecule has 0 aromatic carbocycles. The summed E-state index contributed by atoms with van der Waals surface area (Å²) in [6, 6.07) is 0.139. The van der Waals surface area contributed by atoms with E-state index < -0.39 is 10.0 Å². The molecule has 1 aliphatic heterocycles. The zero-order valence-corrected chi connectivity index (χ0v) is 13.5. The van der Waals surface area contributed by atoms with Crippen molar-refractivity contribution in [2.75, 3.05) is 13.1 Å². The molecule has 1 saturated heterocycles. The lowest BCUT2D eigenvalue weighted by Gasteiger charge is -2.32. The lowest BCUT2D eigenvalue weighted by molar-refractivity contribution is 0.251. The van der Waals surface area contributed by atoms with Crippen molar-refractivity contribution in [3.05, 3.63) is 11.2 Å². The molecule has 110 valence electrons. The van der Waals surface area contributed by atoms with Gasteiger partial charge in [-0.05, 0) is 32.6 Å². The van der Waals surface area contributed by atoms with Crippen molar-refractivity contribution >= 4 is 33.8 Å². The minimum atomic E-state index is -3.34. The van der Waals surface area contributed by atoms with Crippen LogP contribution in [0, 0.1) is 12.8 Å². The second kappa shape index (κ2) is 6.49. The largest absolute Gasteiger partial charge is 0.328 e. The third kappa shape index (κ3) is 3.66. The first-order valence-corrected chi connectivity index (χ1v) is 8.35. The van der Waals surface area contributed by atoms with Crippen LogP contribution >= 0.6 is 23.7 Å². The highest BCUT2D eigenvalue weighted by Gasteiger charge is 2.31. The molecule has 2 N–H and O–H groups in total. The molecule has 0 aliphatic carbocycles. The van der Waals surface area contributed by atoms with E-state index in [-0.39, 0.29) is 18.4 Å². The van der Waals surface area contributed by atoms with E-state index in [1.54, 1.807) is 4.31 Å². The van der Waals surface area contributed by atoms with E-state index in [9.17, 15) is 8.42 Å². The Kier molecular flexibility index (Phi) is 5.76. The molecule has 19 heavy (non-hydrogen) atoms. The first kappa shape index (κ1) is 16.8. The molecule has 1 aliphatic rings. The van der Waals surface area contributed by atoms with E-state index >= 15 is 0 Å². The van der Waals surface area contributed by atoms with Crippen molar-refractivity contribution in [3.8, 4) is 0 Å². The molecule has 8 heteroatoms. The van der Waals surface area contributed by atoms with Crippen LogP contribution in [0.2, 0.25) is 0 Å². The van der Waals surface area contributed by atoms with Crippen molar-refractivity contribution in [1.29, 1.82) is 0 Å². The van der Waals surface area contributed by atoms with E-state index in [0.29, 0.717) is 23.2 Å². The molecule has 0 spiro atoms. The van der Waals surface area contributed by atoms with Gasteiger partial charge in [0, 0.05) is 19.1 Å². The van der Waals surface area contributed by atoms with Gasteiger partial charge in [0.1, 0.15) is 0 Å². The van der Waals surface area contributed by atoms with Crippen molar-refractivity contribution in [2.24, 2.45) is 11.7 Å². The van der Waals surface area contributed by atoms with Crippen molar-refractivity contribution in [2.45, 2.75) is 36.9 Å². The summed E-state index contributed by atoms with van der Waals surface area (Å²) >= 11 is 1.23. The summed E-state index contributed by atoms with van der Waals surface area (Å²) in [5.74, 6) is 0.430. The monoisotopic (exact) mass is 325 g/mol. The van der Waals surface area contributed by atoms with E-state index in [1.165, 1.54) is 17.5 Å². The molecule has 1 unspecified atom stereocenters. The van der Waals surface area contributed by atoms with Gasteiger partial charge in [0.05, 0.1) is 11.2 Å². The molecular weight excluding hydrogens is 306 g/mol. The number of sulfonamides is 1. The number of halogens is 1. The number of hydrogen-bond donors (Lipinski definition) is 1. The van der Waals surface area contributed by atoms with Crippen LogP contribution in [0.4, 0.5) is 0 Å². The fourth-order valence-electron chi connectivity index (χ4n) is 2.23. The number of aryl methyl sites for hydroxylation is 1. The Morgan fingerprint density at radius 2 is 2.05 bits per heavy atom. The Labute approximate surface area is 124 Å². The van der Waals surface area contributed by atoms with Gasteiger partial charge >= 0.3 is 0 Å². The normalized spacial score (nSPS) is 19.9. The molecule has 0 radical (unpaired) electrons. The van der Waals surface area contributed by atoms with Crippen molar-refractivity contribution in [1.82, 2.24) is 9.29 Å². The Morgan fingerprint density at radius 1 is 1.47 bits per heavy atom. The predicted molar refractivity (Wildman–Crippen MR) is 79.2 cm³/mol. The number of rotatable bonds is 3. The lowest BCUT2D eigenvalue weighted by atomic mass is 9.92. The van der Waals surface area contributed by atoms with Crippen LogP contribution in [-0.2, 0) is 10.0 Å². The first-order chi connectivity index (χ1) is 8.41. The molecule has 2 heterocycles. The highest BCUT2D eigenvalue weighted by Crippen LogP contribution is 2.27. The van der Waals surface area contributed by atoms with Crippen LogP contribution in [0.1, 0.15) is 24.8 Å². The zero-order valence-electron chi connectivity index (χ0n) is 11.1. The highest BCUT2D eigenvalue weighted by atomic mass is 35.5. The maximum absolute atomic E-state index is 12.3. The van der Waals surface area contributed by atoms with Crippen LogP contribution in [-0.4, -0.2) is 36.8 Å². The van der Waals surface area contributed by atoms with Crippen LogP contribution in [0.3, 0.4) is 0 Å². The van der Waals surface area contributed by atoms with Crippen LogP contribution in [0.15, 0.2) is 10.4 Å². The SMILES string of the molecule is Cc1ncc(S(=O)(=O)N2CCC(C(C)N)CC2)s1.Cl. The molecule has 1 aromatic rings. The number of nitrogens with zero attached hydrogens (tertiary/aromatic N) is 2. The van der Waals surface area contributed by atoms with Crippen LogP contribution in [0.5, 0.6) is 0 Å². The molecule has 0 saturated carbocycles. The van der Waals surface area contributed by atoms with Gasteiger partial charge < -0.3 is 5.73 Å². The summed E-state index contributed by atoms with van der Waals surface area (Å²) in [6.45, 7) is 4.92. The molecule has 2 rings (SSSR count). The smallest absolute Gasteiger partial charge is 0.254 e. The van der Waals surface area contributed by atoms with Gasteiger partial charge in [-0.1, -0.05) is 0 Å². The van der Waals surface area contributed by atoms with Gasteiger partial charge in [0.2, 0.25) is 0 Å². The van der Waals surface area contributed by atoms with Gasteiger partial charge in [0.15, 0.2) is 4.21 Å². The van der Waals surface area contributed by atoms with Crippen molar-refractivity contribution in [3.63, 3.8) is 0 Å². The summed E-state index contributed by atoms with van der Waals surface area (Å²) in [5.41, 5.74) is 5.86. The summed E-state index contributed by atoms with van der Waals surface area (Å²) in [4.78, 5) is 4.01. The van der Waals surface area contributed by atoms with Gasteiger partial charge in [-0.2, -0.15) is 4.31 Å². The molecule has 1 atom stereocenters. The standard InChI is InChI=1S/C11H19N3O2S2.ClH/c1-8(12)10-3-5-14(6-4-10)18(15,16)11-7-13-9(2)17-11;/h7-8,10H,3-6,12H2,1-2H3;1H. The number of aromatic nitrogens is 1. The average Bonchev–Trinajstić information content (AvgIpc) is 2.76. The Balaban J connectivity index is 0.00000180. The summed E-state index contributed by atoms with van der Waals surface area (Å²) in [7, 11) is -3.34. The molecule has 0 amide bonds. The minimum Gasteiger partial charge on any atom is -0.328 e. The average molecular weight is 326 g/mol. The van der Waals surface area contributed by atoms with Gasteiger partial charge in [0.25, 0.3) is 10.0 Å². The topological polar surface area (TPSA) is 76.3 Å². The van der Waals surface area contributed by atoms with Gasteiger partial charge in [-0.25, -0.2) is 13.4 Å². The lowest BCUT2D eigenvalue weighted by Crippen LogP contribution is -2.42. The third-order valence-corrected chi connectivity index (χ3v) is 6.68. The number of piperidine rings is 1. The quantitative estimate of drug-likeness (QED) is 0.916. The number of thiazole rings is 1. The van der Waals surface area contributed by atoms with E-state index in [1.807, 2.05) is 13.8 Å². The summed E-state index contributed by atoms with van der Waals surface area (Å²) in [6.07, 6.45) is 3.14. The Hall–Kier alpha value is -0.210. The Bertz CT molecular complexity index is 508. The van der Waals surface area contributed by atoms with Gasteiger partial charge in [-0.3, -0.25) is 0 Å². The second-order valence-electron chi connectivity index (χ2n) is 4.80. The number of hydrogen-bond acceptors (Lipinski definition) is 5. The van der Waals surface area contributed by atoms with Gasteiger partial charge in [-0.15, -0.1) is 23.7 Å². The molecule has 5 nitrogen and oxygen atoms in total. The summed E-state index contributed by atoms with van der Waals surface area (Å²) in [5, 5.41) is 0.777. The molecule has 0 bridgehead atoms. The fraction of sp³-hybridized carbons (Fsp3) is 0.727. The predicted octanol–water partition coefficient (Wildman–Crippen LogP) is 1.62. The van der Waals surface area contributed by atoms with Crippen molar-refractivity contribution < 1.29 is 8.42 Å². The Morgan fingerprint density at radius 3 is 2.47 bits per heavy atom. The molecular formula is C11H20ClN3O2S2. The maximum Gasteiger partial charge on any atom is 0.254 e. The first-order valence-electron chi connectivity index (χ1n) is 6.09. The number of nitrogens with two attached hydrogens (primary N) is 1. The second-order valence-corrected chi connectivity index (χ2v) is 8.20. The van der Waals surface area contributed by atoms with E-state index in [0.717, 1.165) is 17.8 Å². The third-order valence-electron chi connectivity index (χ3n) is 3.44. The zero-order chi connectivity index (χ0) is 13.3. The fourth-order valence-corrected chi connectivity index (χ4v) is 4.96. The van der Waals surface area contributed by atoms with E-state index in [2.05, 4.69) is 4.98 Å². The molecule has 1 aromatic heterocycles.